The molecule has 2 rings (SSSR count). The zero-order valence-electron chi connectivity index (χ0n) is 11.6. The highest BCUT2D eigenvalue weighted by molar-refractivity contribution is 7.98. The summed E-state index contributed by atoms with van der Waals surface area (Å²) < 4.78 is 5.46. The van der Waals surface area contributed by atoms with E-state index >= 15 is 0 Å². The van der Waals surface area contributed by atoms with Gasteiger partial charge in [0.1, 0.15) is 5.75 Å². The molecule has 0 aliphatic heterocycles. The Bertz CT molecular complexity index is 425. The fraction of sp³-hybridized carbons (Fsp3) is 0.600. The molecule has 0 saturated heterocycles. The number of benzene rings is 1. The van der Waals surface area contributed by atoms with Gasteiger partial charge in [0.05, 0.1) is 7.11 Å². The Balaban J connectivity index is 2.47. The number of hydrogen-bond donors (Lipinski definition) is 1. The van der Waals surface area contributed by atoms with Gasteiger partial charge in [-0.2, -0.15) is 0 Å². The van der Waals surface area contributed by atoms with Crippen molar-refractivity contribution in [3.63, 3.8) is 0 Å². The minimum absolute atomic E-state index is 0.155. The maximum absolute atomic E-state index is 6.66. The molecule has 0 amide bonds. The molecule has 1 aromatic rings. The number of methoxy groups -OCH3 is 1. The molecule has 0 radical (unpaired) electrons. The summed E-state index contributed by atoms with van der Waals surface area (Å²) in [5.74, 6) is 0.957. The van der Waals surface area contributed by atoms with E-state index in [0.29, 0.717) is 0 Å². The zero-order chi connectivity index (χ0) is 13.2. The summed E-state index contributed by atoms with van der Waals surface area (Å²) in [5.41, 5.74) is 8.97. The van der Waals surface area contributed by atoms with Crippen molar-refractivity contribution in [2.75, 3.05) is 13.4 Å². The van der Waals surface area contributed by atoms with Crippen molar-refractivity contribution in [1.29, 1.82) is 0 Å². The highest BCUT2D eigenvalue weighted by Crippen LogP contribution is 2.41. The topological polar surface area (TPSA) is 35.2 Å². The van der Waals surface area contributed by atoms with Crippen LogP contribution in [-0.2, 0) is 5.54 Å². The van der Waals surface area contributed by atoms with E-state index in [1.54, 1.807) is 18.9 Å². The number of nitrogens with two attached hydrogens (primary N) is 1. The minimum atomic E-state index is -0.155. The van der Waals surface area contributed by atoms with Gasteiger partial charge in [0.25, 0.3) is 0 Å². The maximum atomic E-state index is 6.66. The molecule has 0 aromatic heterocycles. The van der Waals surface area contributed by atoms with Gasteiger partial charge in [0.15, 0.2) is 0 Å². The molecule has 0 heterocycles. The molecular weight excluding hydrogens is 242 g/mol. The van der Waals surface area contributed by atoms with E-state index < -0.39 is 0 Å². The standard InChI is InChI=1S/C15H23NOS/c1-11-9-14(18-3)12(10-13(11)17-2)15(16)7-5-4-6-8-15/h9-10H,4-8,16H2,1-3H3. The molecule has 0 unspecified atom stereocenters. The number of ether oxygens (including phenoxy) is 1. The van der Waals surface area contributed by atoms with Gasteiger partial charge in [0.2, 0.25) is 0 Å². The Morgan fingerprint density at radius 2 is 1.89 bits per heavy atom. The molecule has 18 heavy (non-hydrogen) atoms. The Hall–Kier alpha value is -0.670. The summed E-state index contributed by atoms with van der Waals surface area (Å²) in [6.07, 6.45) is 8.09. The molecule has 1 fully saturated rings. The van der Waals surface area contributed by atoms with Crippen LogP contribution in [0.1, 0.15) is 43.2 Å². The predicted molar refractivity (Wildman–Crippen MR) is 78.5 cm³/mol. The molecule has 0 spiro atoms. The van der Waals surface area contributed by atoms with Crippen LogP contribution in [0.5, 0.6) is 5.75 Å². The third-order valence-electron chi connectivity index (χ3n) is 4.00. The lowest BCUT2D eigenvalue weighted by atomic mass is 9.77. The van der Waals surface area contributed by atoms with E-state index in [2.05, 4.69) is 25.3 Å². The fourth-order valence-electron chi connectivity index (χ4n) is 2.89. The maximum Gasteiger partial charge on any atom is 0.122 e. The van der Waals surface area contributed by atoms with Crippen molar-refractivity contribution in [2.24, 2.45) is 5.73 Å². The van der Waals surface area contributed by atoms with Crippen molar-refractivity contribution in [3.8, 4) is 5.75 Å². The predicted octanol–water partition coefficient (Wildman–Crippen LogP) is 3.84. The monoisotopic (exact) mass is 265 g/mol. The molecule has 100 valence electrons. The van der Waals surface area contributed by atoms with Crippen LogP contribution in [0.15, 0.2) is 17.0 Å². The smallest absolute Gasteiger partial charge is 0.122 e. The zero-order valence-corrected chi connectivity index (χ0v) is 12.4. The number of thioether (sulfide) groups is 1. The SMILES string of the molecule is COc1cc(C2(N)CCCCC2)c(SC)cc1C. The van der Waals surface area contributed by atoms with E-state index in [1.165, 1.54) is 35.3 Å². The summed E-state index contributed by atoms with van der Waals surface area (Å²) in [6.45, 7) is 2.09. The molecule has 1 saturated carbocycles. The van der Waals surface area contributed by atoms with Crippen LogP contribution in [0.2, 0.25) is 0 Å². The molecule has 2 N–H and O–H groups in total. The Morgan fingerprint density at radius 3 is 2.44 bits per heavy atom. The van der Waals surface area contributed by atoms with Gasteiger partial charge in [-0.15, -0.1) is 11.8 Å². The van der Waals surface area contributed by atoms with Gasteiger partial charge >= 0.3 is 0 Å². The van der Waals surface area contributed by atoms with Crippen molar-refractivity contribution in [1.82, 2.24) is 0 Å². The molecule has 3 heteroatoms. The summed E-state index contributed by atoms with van der Waals surface area (Å²) in [6, 6.07) is 4.37. The van der Waals surface area contributed by atoms with E-state index in [-0.39, 0.29) is 5.54 Å². The Morgan fingerprint density at radius 1 is 1.22 bits per heavy atom. The van der Waals surface area contributed by atoms with Gasteiger partial charge in [-0.05, 0) is 49.3 Å². The lowest BCUT2D eigenvalue weighted by molar-refractivity contribution is 0.296. The van der Waals surface area contributed by atoms with Crippen molar-refractivity contribution in [3.05, 3.63) is 23.3 Å². The van der Waals surface area contributed by atoms with Crippen LogP contribution in [-0.4, -0.2) is 13.4 Å². The van der Waals surface area contributed by atoms with Gasteiger partial charge in [-0.25, -0.2) is 0 Å². The van der Waals surface area contributed by atoms with Gasteiger partial charge in [-0.1, -0.05) is 19.3 Å². The summed E-state index contributed by atoms with van der Waals surface area (Å²) in [4.78, 5) is 1.30. The highest BCUT2D eigenvalue weighted by atomic mass is 32.2. The fourth-order valence-corrected chi connectivity index (χ4v) is 3.67. The average molecular weight is 265 g/mol. The highest BCUT2D eigenvalue weighted by Gasteiger charge is 2.32. The molecular formula is C15H23NOS. The molecule has 1 aromatic carbocycles. The second-order valence-electron chi connectivity index (χ2n) is 5.24. The number of rotatable bonds is 3. The minimum Gasteiger partial charge on any atom is -0.496 e. The first kappa shape index (κ1) is 13.8. The Labute approximate surface area is 114 Å². The molecule has 0 bridgehead atoms. The van der Waals surface area contributed by atoms with E-state index in [0.717, 1.165) is 18.6 Å². The van der Waals surface area contributed by atoms with Crippen LogP contribution in [0.4, 0.5) is 0 Å². The first-order valence-corrected chi connectivity index (χ1v) is 7.85. The molecule has 0 atom stereocenters. The lowest BCUT2D eigenvalue weighted by Crippen LogP contribution is -2.39. The third-order valence-corrected chi connectivity index (χ3v) is 4.78. The molecule has 1 aliphatic carbocycles. The van der Waals surface area contributed by atoms with E-state index in [9.17, 15) is 0 Å². The normalized spacial score (nSPS) is 18.7. The van der Waals surface area contributed by atoms with Gasteiger partial charge in [0, 0.05) is 10.4 Å². The second-order valence-corrected chi connectivity index (χ2v) is 6.09. The van der Waals surface area contributed by atoms with Gasteiger partial charge < -0.3 is 10.5 Å². The summed E-state index contributed by atoms with van der Waals surface area (Å²) in [7, 11) is 1.73. The summed E-state index contributed by atoms with van der Waals surface area (Å²) in [5, 5.41) is 0. The van der Waals surface area contributed by atoms with Crippen LogP contribution >= 0.6 is 11.8 Å². The van der Waals surface area contributed by atoms with Gasteiger partial charge in [-0.3, -0.25) is 0 Å². The first-order chi connectivity index (χ1) is 8.60. The van der Waals surface area contributed by atoms with Crippen LogP contribution in [0, 0.1) is 6.92 Å². The Kier molecular flexibility index (Phi) is 4.23. The summed E-state index contributed by atoms with van der Waals surface area (Å²) >= 11 is 1.79. The molecule has 1 aliphatic rings. The second kappa shape index (κ2) is 5.54. The van der Waals surface area contributed by atoms with Crippen molar-refractivity contribution in [2.45, 2.75) is 49.5 Å². The quantitative estimate of drug-likeness (QED) is 0.843. The number of aryl methyl sites for hydroxylation is 1. The largest absolute Gasteiger partial charge is 0.496 e. The van der Waals surface area contributed by atoms with Crippen LogP contribution < -0.4 is 10.5 Å². The van der Waals surface area contributed by atoms with Crippen LogP contribution in [0.25, 0.3) is 0 Å². The van der Waals surface area contributed by atoms with E-state index in [4.69, 9.17) is 10.5 Å². The lowest BCUT2D eigenvalue weighted by Gasteiger charge is -2.35. The van der Waals surface area contributed by atoms with Crippen molar-refractivity contribution >= 4 is 11.8 Å². The average Bonchev–Trinajstić information content (AvgIpc) is 2.39. The number of hydrogen-bond acceptors (Lipinski definition) is 3. The van der Waals surface area contributed by atoms with Crippen LogP contribution in [0.3, 0.4) is 0 Å². The first-order valence-electron chi connectivity index (χ1n) is 6.63. The molecule has 2 nitrogen and oxygen atoms in total. The van der Waals surface area contributed by atoms with E-state index in [1.807, 2.05) is 0 Å². The third kappa shape index (κ3) is 2.52. The van der Waals surface area contributed by atoms with Crippen molar-refractivity contribution < 1.29 is 4.74 Å².